The first-order chi connectivity index (χ1) is 11.2. The quantitative estimate of drug-likeness (QED) is 0.565. The van der Waals surface area contributed by atoms with Gasteiger partial charge < -0.3 is 0 Å². The Morgan fingerprint density at radius 3 is 2.43 bits per heavy atom. The molecule has 2 heterocycles. The van der Waals surface area contributed by atoms with Crippen LogP contribution < -0.4 is 5.56 Å². The largest absolute Gasteiger partial charge is 0.300 e. The van der Waals surface area contributed by atoms with E-state index in [0.29, 0.717) is 10.7 Å². The summed E-state index contributed by atoms with van der Waals surface area (Å²) in [6.07, 6.45) is 0. The van der Waals surface area contributed by atoms with E-state index in [1.54, 1.807) is 4.52 Å². The third kappa shape index (κ3) is 2.45. The van der Waals surface area contributed by atoms with Gasteiger partial charge in [-0.05, 0) is 6.92 Å². The van der Waals surface area contributed by atoms with Crippen LogP contribution in [0.25, 0.3) is 27.5 Å². The molecule has 0 aliphatic heterocycles. The highest BCUT2D eigenvalue weighted by molar-refractivity contribution is 7.15. The van der Waals surface area contributed by atoms with Gasteiger partial charge in [0.2, 0.25) is 4.96 Å². The fourth-order valence-corrected chi connectivity index (χ4v) is 3.28. The highest BCUT2D eigenvalue weighted by Gasteiger charge is 2.13. The Balaban J connectivity index is 1.95. The molecule has 0 aliphatic rings. The van der Waals surface area contributed by atoms with Gasteiger partial charge in [0.1, 0.15) is 0 Å². The van der Waals surface area contributed by atoms with Gasteiger partial charge in [-0.25, -0.2) is 4.52 Å². The molecule has 0 amide bonds. The van der Waals surface area contributed by atoms with Crippen LogP contribution in [-0.2, 0) is 0 Å². The molecule has 4 aromatic rings. The number of rotatable bonds is 2. The van der Waals surface area contributed by atoms with Gasteiger partial charge >= 0.3 is 5.56 Å². The Morgan fingerprint density at radius 1 is 0.957 bits per heavy atom. The summed E-state index contributed by atoms with van der Waals surface area (Å²) in [6.45, 7) is 2.06. The van der Waals surface area contributed by atoms with Gasteiger partial charge in [-0.1, -0.05) is 60.2 Å². The maximum atomic E-state index is 12.2. The summed E-state index contributed by atoms with van der Waals surface area (Å²) in [4.78, 5) is 17.0. The zero-order chi connectivity index (χ0) is 15.8. The van der Waals surface area contributed by atoms with Gasteiger partial charge in [-0.2, -0.15) is 10.1 Å². The average molecular weight is 319 g/mol. The zero-order valence-electron chi connectivity index (χ0n) is 12.4. The molecule has 0 aliphatic carbocycles. The maximum absolute atomic E-state index is 12.2. The van der Waals surface area contributed by atoms with Crippen LogP contribution in [0.3, 0.4) is 0 Å². The van der Waals surface area contributed by atoms with Crippen LogP contribution in [0.2, 0.25) is 0 Å². The summed E-state index contributed by atoms with van der Waals surface area (Å²) in [5.41, 5.74) is 4.05. The number of aromatic nitrogens is 3. The Bertz CT molecular complexity index is 1030. The zero-order valence-corrected chi connectivity index (χ0v) is 13.2. The molecular weight excluding hydrogens is 306 g/mol. The van der Waals surface area contributed by atoms with Gasteiger partial charge in [0, 0.05) is 16.5 Å². The number of benzene rings is 2. The molecule has 0 radical (unpaired) electrons. The van der Waals surface area contributed by atoms with E-state index in [9.17, 15) is 4.79 Å². The molecule has 0 atom stereocenters. The van der Waals surface area contributed by atoms with Crippen molar-refractivity contribution in [2.24, 2.45) is 0 Å². The standard InChI is InChI=1S/C18H13N3OS/c1-12-7-9-13(10-8-12)15-11-23-18-19-17(22)16(20-21(15)18)14-5-3-2-4-6-14/h2-11H,1H3. The predicted octanol–water partition coefficient (Wildman–Crippen LogP) is 3.79. The summed E-state index contributed by atoms with van der Waals surface area (Å²) in [5.74, 6) is 0. The summed E-state index contributed by atoms with van der Waals surface area (Å²) in [7, 11) is 0. The van der Waals surface area contributed by atoms with E-state index in [2.05, 4.69) is 41.3 Å². The Morgan fingerprint density at radius 2 is 1.70 bits per heavy atom. The van der Waals surface area contributed by atoms with Crippen molar-refractivity contribution in [3.05, 3.63) is 75.9 Å². The van der Waals surface area contributed by atoms with Crippen LogP contribution in [0.15, 0.2) is 64.8 Å². The Hall–Kier alpha value is -2.79. The summed E-state index contributed by atoms with van der Waals surface area (Å²) < 4.78 is 1.75. The van der Waals surface area contributed by atoms with Crippen molar-refractivity contribution in [3.63, 3.8) is 0 Å². The number of thiazole rings is 1. The third-order valence-corrected chi connectivity index (χ3v) is 4.50. The van der Waals surface area contributed by atoms with Gasteiger partial charge in [-0.15, -0.1) is 11.3 Å². The van der Waals surface area contributed by atoms with E-state index in [0.717, 1.165) is 16.8 Å². The first-order valence-corrected chi connectivity index (χ1v) is 8.11. The third-order valence-electron chi connectivity index (χ3n) is 3.68. The fraction of sp³-hybridized carbons (Fsp3) is 0.0556. The van der Waals surface area contributed by atoms with E-state index >= 15 is 0 Å². The van der Waals surface area contributed by atoms with Crippen LogP contribution in [0.4, 0.5) is 0 Å². The summed E-state index contributed by atoms with van der Waals surface area (Å²) in [5, 5.41) is 6.54. The molecular formula is C18H13N3OS. The average Bonchev–Trinajstić information content (AvgIpc) is 2.98. The maximum Gasteiger partial charge on any atom is 0.300 e. The van der Waals surface area contributed by atoms with Crippen molar-refractivity contribution in [2.45, 2.75) is 6.92 Å². The number of nitrogens with zero attached hydrogens (tertiary/aromatic N) is 3. The number of fused-ring (bicyclic) bond motifs is 1. The molecule has 0 N–H and O–H groups in total. The summed E-state index contributed by atoms with van der Waals surface area (Å²) in [6, 6.07) is 17.7. The fourth-order valence-electron chi connectivity index (χ4n) is 2.46. The first kappa shape index (κ1) is 13.8. The van der Waals surface area contributed by atoms with Crippen molar-refractivity contribution < 1.29 is 0 Å². The van der Waals surface area contributed by atoms with Gasteiger partial charge in [-0.3, -0.25) is 4.79 Å². The second-order valence-electron chi connectivity index (χ2n) is 5.31. The minimum atomic E-state index is -0.298. The monoisotopic (exact) mass is 319 g/mol. The van der Waals surface area contributed by atoms with Gasteiger partial charge in [0.25, 0.3) is 0 Å². The lowest BCUT2D eigenvalue weighted by molar-refractivity contribution is 0.914. The number of aryl methyl sites for hydroxylation is 1. The Labute approximate surface area is 136 Å². The molecule has 23 heavy (non-hydrogen) atoms. The molecule has 2 aromatic heterocycles. The van der Waals surface area contributed by atoms with Crippen molar-refractivity contribution in [2.75, 3.05) is 0 Å². The molecule has 0 fully saturated rings. The van der Waals surface area contributed by atoms with E-state index in [4.69, 9.17) is 0 Å². The molecule has 0 saturated carbocycles. The van der Waals surface area contributed by atoms with Crippen molar-refractivity contribution in [1.82, 2.24) is 14.6 Å². The number of hydrogen-bond acceptors (Lipinski definition) is 4. The topological polar surface area (TPSA) is 47.3 Å². The van der Waals surface area contributed by atoms with Crippen LogP contribution in [0, 0.1) is 6.92 Å². The van der Waals surface area contributed by atoms with E-state index in [-0.39, 0.29) is 5.56 Å². The molecule has 5 heteroatoms. The van der Waals surface area contributed by atoms with Gasteiger partial charge in [0.05, 0.1) is 5.69 Å². The van der Waals surface area contributed by atoms with Crippen LogP contribution in [-0.4, -0.2) is 14.6 Å². The molecule has 112 valence electrons. The van der Waals surface area contributed by atoms with E-state index in [1.807, 2.05) is 35.7 Å². The van der Waals surface area contributed by atoms with Crippen molar-refractivity contribution in [1.29, 1.82) is 0 Å². The molecule has 2 aromatic carbocycles. The van der Waals surface area contributed by atoms with Gasteiger partial charge in [0.15, 0.2) is 5.69 Å². The second-order valence-corrected chi connectivity index (χ2v) is 6.15. The van der Waals surface area contributed by atoms with E-state index in [1.165, 1.54) is 16.9 Å². The molecule has 0 bridgehead atoms. The smallest absolute Gasteiger partial charge is 0.265 e. The molecule has 0 spiro atoms. The molecule has 0 saturated heterocycles. The van der Waals surface area contributed by atoms with Crippen LogP contribution >= 0.6 is 11.3 Å². The normalized spacial score (nSPS) is 11.0. The summed E-state index contributed by atoms with van der Waals surface area (Å²) >= 11 is 1.42. The van der Waals surface area contributed by atoms with Crippen LogP contribution in [0.1, 0.15) is 5.56 Å². The minimum Gasteiger partial charge on any atom is -0.265 e. The molecule has 4 nitrogen and oxygen atoms in total. The Kier molecular flexibility index (Phi) is 3.28. The molecule has 4 rings (SSSR count). The minimum absolute atomic E-state index is 0.298. The van der Waals surface area contributed by atoms with Crippen molar-refractivity contribution >= 4 is 16.3 Å². The lowest BCUT2D eigenvalue weighted by Crippen LogP contribution is -2.14. The lowest BCUT2D eigenvalue weighted by atomic mass is 10.1. The number of hydrogen-bond donors (Lipinski definition) is 0. The SMILES string of the molecule is Cc1ccc(-c2csc3nc(=O)c(-c4ccccc4)nn23)cc1. The highest BCUT2D eigenvalue weighted by atomic mass is 32.1. The van der Waals surface area contributed by atoms with Crippen molar-refractivity contribution in [3.8, 4) is 22.5 Å². The lowest BCUT2D eigenvalue weighted by Gasteiger charge is -2.04. The first-order valence-electron chi connectivity index (χ1n) is 7.23. The molecule has 0 unspecified atom stereocenters. The predicted molar refractivity (Wildman–Crippen MR) is 92.7 cm³/mol. The van der Waals surface area contributed by atoms with E-state index < -0.39 is 0 Å². The highest BCUT2D eigenvalue weighted by Crippen LogP contribution is 2.25. The second kappa shape index (κ2) is 5.44. The van der Waals surface area contributed by atoms with Crippen LogP contribution in [0.5, 0.6) is 0 Å².